The summed E-state index contributed by atoms with van der Waals surface area (Å²) in [5.41, 5.74) is -10.6. The minimum absolute atomic E-state index is 0.227. The summed E-state index contributed by atoms with van der Waals surface area (Å²) >= 11 is 0. The van der Waals surface area contributed by atoms with E-state index < -0.39 is 84.7 Å². The van der Waals surface area contributed by atoms with Crippen LogP contribution in [0.3, 0.4) is 0 Å². The zero-order valence-corrected chi connectivity index (χ0v) is 21.2. The number of hydrogen-bond donors (Lipinski definition) is 0. The van der Waals surface area contributed by atoms with Crippen LogP contribution in [0.1, 0.15) is 33.4 Å². The van der Waals surface area contributed by atoms with E-state index in [4.69, 9.17) is 13.7 Å². The van der Waals surface area contributed by atoms with Gasteiger partial charge in [-0.3, -0.25) is 0 Å². The van der Waals surface area contributed by atoms with Crippen LogP contribution in [0.15, 0.2) is 54.6 Å². The van der Waals surface area contributed by atoms with Crippen molar-refractivity contribution in [2.24, 2.45) is 0 Å². The normalized spacial score (nSPS) is 15.4. The Bertz CT molecular complexity index is 1360. The lowest BCUT2D eigenvalue weighted by Crippen LogP contribution is -2.64. The highest BCUT2D eigenvalue weighted by Crippen LogP contribution is 2.36. The summed E-state index contributed by atoms with van der Waals surface area (Å²) in [4.78, 5) is 0. The highest BCUT2D eigenvalue weighted by molar-refractivity contribution is 6.88. The van der Waals surface area contributed by atoms with Gasteiger partial charge in [-0.25, -0.2) is 0 Å². The summed E-state index contributed by atoms with van der Waals surface area (Å²) in [5, 5.41) is 0. The molecule has 0 N–H and O–H groups in total. The van der Waals surface area contributed by atoms with Crippen LogP contribution in [0, 0.1) is 13.8 Å². The van der Waals surface area contributed by atoms with Crippen molar-refractivity contribution in [2.75, 3.05) is 0 Å². The molecule has 0 aromatic heterocycles. The van der Waals surface area contributed by atoms with Crippen molar-refractivity contribution in [1.29, 1.82) is 0 Å². The van der Waals surface area contributed by atoms with Crippen LogP contribution in [-0.2, 0) is 38.4 Å². The maximum Gasteiger partial charge on any atom is 0.468 e. The Labute approximate surface area is 231 Å². The van der Waals surface area contributed by atoms with E-state index in [2.05, 4.69) is 0 Å². The second-order valence-corrected chi connectivity index (χ2v) is 9.23. The summed E-state index contributed by atoms with van der Waals surface area (Å²) in [6, 6.07) is 6.23. The fraction of sp³-hybridized carbons (Fsp3) is 0.250. The van der Waals surface area contributed by atoms with E-state index >= 15 is 0 Å². The van der Waals surface area contributed by atoms with Gasteiger partial charge in [0.05, 0.1) is 22.3 Å². The second kappa shape index (κ2) is 10.9. The van der Waals surface area contributed by atoms with Gasteiger partial charge in [-0.1, -0.05) is 65.7 Å². The third kappa shape index (κ3) is 6.30. The zero-order valence-electron chi connectivity index (χ0n) is 21.2. The van der Waals surface area contributed by atoms with Gasteiger partial charge < -0.3 is 13.7 Å². The maximum atomic E-state index is 14.0. The lowest BCUT2D eigenvalue weighted by atomic mass is 9.57. The van der Waals surface area contributed by atoms with Crippen LogP contribution in [0.2, 0.25) is 0 Å². The molecule has 222 valence electrons. The molecule has 1 aliphatic rings. The molecule has 18 heteroatoms. The minimum atomic E-state index is -5.47. The summed E-state index contributed by atoms with van der Waals surface area (Å²) < 4.78 is 183. The lowest BCUT2D eigenvalue weighted by Gasteiger charge is -2.35. The molecule has 0 aliphatic carbocycles. The van der Waals surface area contributed by atoms with E-state index in [1.54, 1.807) is 0 Å². The predicted octanol–water partition coefficient (Wildman–Crippen LogP) is 5.93. The molecule has 1 fully saturated rings. The third-order valence-corrected chi connectivity index (χ3v) is 6.42. The molecule has 0 radical (unpaired) electrons. The molecule has 3 aromatic rings. The molecule has 0 saturated carbocycles. The van der Waals surface area contributed by atoms with Crippen molar-refractivity contribution < 1.29 is 66.4 Å². The topological polar surface area (TPSA) is 27.7 Å². The Kier molecular flexibility index (Phi) is 8.23. The van der Waals surface area contributed by atoms with Crippen LogP contribution in [0.4, 0.5) is 52.7 Å². The van der Waals surface area contributed by atoms with Gasteiger partial charge >= 0.3 is 46.1 Å². The number of hydrogen-bond acceptors (Lipinski definition) is 3. The van der Waals surface area contributed by atoms with E-state index in [0.717, 1.165) is 38.1 Å². The summed E-state index contributed by atoms with van der Waals surface area (Å²) in [5.74, 6) is 0. The van der Waals surface area contributed by atoms with Crippen LogP contribution in [0.5, 0.6) is 0 Å². The van der Waals surface area contributed by atoms with Crippen molar-refractivity contribution >= 4 is 37.7 Å². The first-order chi connectivity index (χ1) is 19.2. The van der Waals surface area contributed by atoms with Gasteiger partial charge in [0.1, 0.15) is 0 Å². The lowest BCUT2D eigenvalue weighted by molar-refractivity contribution is -0.142. The van der Waals surface area contributed by atoms with Gasteiger partial charge in [-0.2, -0.15) is 52.7 Å². The molecule has 0 unspecified atom stereocenters. The van der Waals surface area contributed by atoms with E-state index in [-0.39, 0.29) is 23.3 Å². The highest BCUT2D eigenvalue weighted by Gasteiger charge is 2.54. The van der Waals surface area contributed by atoms with Crippen LogP contribution in [0.25, 0.3) is 0 Å². The Morgan fingerprint density at radius 1 is 0.405 bits per heavy atom. The second-order valence-electron chi connectivity index (χ2n) is 9.23. The highest BCUT2D eigenvalue weighted by atomic mass is 19.4. The average Bonchev–Trinajstić information content (AvgIpc) is 2.85. The smallest absolute Gasteiger partial charge is 0.445 e. The van der Waals surface area contributed by atoms with Crippen LogP contribution < -0.4 is 16.4 Å². The number of halogens is 12. The maximum absolute atomic E-state index is 14.0. The molecular formula is C24H15B3F12O3. The fourth-order valence-electron chi connectivity index (χ4n) is 4.64. The largest absolute Gasteiger partial charge is 0.468 e. The van der Waals surface area contributed by atoms with Gasteiger partial charge in [-0.15, -0.1) is 0 Å². The Hall–Kier alpha value is -3.11. The molecule has 0 amide bonds. The molecule has 3 nitrogen and oxygen atoms in total. The molecule has 0 bridgehead atoms. The SMILES string of the molecule is Cc1cccc(C(F)(F)F)c1B1OB(c2c(C)cccc2C(F)(F)F)OB(c2c(C(F)(F)F)cccc2C(F)(F)F)O1. The van der Waals surface area contributed by atoms with Crippen molar-refractivity contribution in [3.63, 3.8) is 0 Å². The number of benzene rings is 3. The van der Waals surface area contributed by atoms with Crippen LogP contribution in [-0.4, -0.2) is 21.4 Å². The first-order valence-corrected chi connectivity index (χ1v) is 11.8. The molecule has 0 spiro atoms. The molecule has 1 aliphatic heterocycles. The molecule has 1 heterocycles. The predicted molar refractivity (Wildman–Crippen MR) is 128 cm³/mol. The van der Waals surface area contributed by atoms with Crippen molar-refractivity contribution in [3.8, 4) is 0 Å². The van der Waals surface area contributed by atoms with Crippen molar-refractivity contribution in [3.05, 3.63) is 88.0 Å². The molecule has 42 heavy (non-hydrogen) atoms. The van der Waals surface area contributed by atoms with Gasteiger partial charge in [0.25, 0.3) is 0 Å². The van der Waals surface area contributed by atoms with E-state index in [1.165, 1.54) is 0 Å². The Balaban J connectivity index is 2.02. The summed E-state index contributed by atoms with van der Waals surface area (Å²) in [7, 11) is -7.63. The first-order valence-electron chi connectivity index (χ1n) is 11.8. The summed E-state index contributed by atoms with van der Waals surface area (Å²) in [6.07, 6.45) is -21.2. The van der Waals surface area contributed by atoms with Gasteiger partial charge in [0.15, 0.2) is 0 Å². The van der Waals surface area contributed by atoms with Crippen molar-refractivity contribution in [1.82, 2.24) is 0 Å². The van der Waals surface area contributed by atoms with Gasteiger partial charge in [-0.05, 0) is 24.8 Å². The average molecular weight is 612 g/mol. The zero-order chi connectivity index (χ0) is 31.4. The number of aryl methyl sites for hydroxylation is 2. The van der Waals surface area contributed by atoms with Gasteiger partial charge in [0.2, 0.25) is 0 Å². The summed E-state index contributed by atoms with van der Waals surface area (Å²) in [6.45, 7) is 2.24. The van der Waals surface area contributed by atoms with Crippen molar-refractivity contribution in [2.45, 2.75) is 38.6 Å². The third-order valence-electron chi connectivity index (χ3n) is 6.42. The number of rotatable bonds is 3. The Morgan fingerprint density at radius 3 is 0.929 bits per heavy atom. The standard InChI is InChI=1S/C24H15B3F12O3/c1-12-6-3-8-14(21(28,29)30)18(12)25-40-26(19-13(2)7-4-9-15(19)22(31,32)33)42-27(41-25)20-16(23(34,35)36)10-5-11-17(20)24(37,38)39/h3-11H,1-2H3. The van der Waals surface area contributed by atoms with E-state index in [9.17, 15) is 52.7 Å². The molecule has 1 saturated heterocycles. The number of alkyl halides is 12. The molecular weight excluding hydrogens is 597 g/mol. The minimum Gasteiger partial charge on any atom is -0.445 e. The fourth-order valence-corrected chi connectivity index (χ4v) is 4.64. The quantitative estimate of drug-likeness (QED) is 0.272. The van der Waals surface area contributed by atoms with E-state index in [0.29, 0.717) is 18.2 Å². The van der Waals surface area contributed by atoms with Crippen LogP contribution >= 0.6 is 0 Å². The van der Waals surface area contributed by atoms with Gasteiger partial charge in [0, 0.05) is 5.46 Å². The molecule has 0 atom stereocenters. The molecule has 3 aromatic carbocycles. The van der Waals surface area contributed by atoms with E-state index in [1.807, 2.05) is 0 Å². The molecule has 4 rings (SSSR count). The first kappa shape index (κ1) is 31.8. The Morgan fingerprint density at radius 2 is 0.643 bits per heavy atom. The monoisotopic (exact) mass is 612 g/mol.